The molecule has 2 fully saturated rings. The van der Waals surface area contributed by atoms with Crippen LogP contribution in [0.1, 0.15) is 46.0 Å². The highest BCUT2D eigenvalue weighted by Crippen LogP contribution is 2.27. The highest BCUT2D eigenvalue weighted by Gasteiger charge is 2.34. The second kappa shape index (κ2) is 6.90. The number of rotatable bonds is 6. The maximum absolute atomic E-state index is 11.4. The van der Waals surface area contributed by atoms with Crippen LogP contribution in [0, 0.1) is 11.3 Å². The van der Waals surface area contributed by atoms with Crippen molar-refractivity contribution < 1.29 is 9.90 Å². The fourth-order valence-corrected chi connectivity index (χ4v) is 3.48. The van der Waals surface area contributed by atoms with Crippen molar-refractivity contribution in [2.45, 2.75) is 46.0 Å². The van der Waals surface area contributed by atoms with Crippen LogP contribution in [-0.2, 0) is 4.79 Å². The van der Waals surface area contributed by atoms with Gasteiger partial charge in [0.25, 0.3) is 0 Å². The van der Waals surface area contributed by atoms with E-state index < -0.39 is 11.4 Å². The van der Waals surface area contributed by atoms with Crippen LogP contribution < -0.4 is 0 Å². The van der Waals surface area contributed by atoms with Crippen LogP contribution in [0.15, 0.2) is 0 Å². The zero-order valence-corrected chi connectivity index (χ0v) is 13.1. The smallest absolute Gasteiger partial charge is 0.310 e. The Morgan fingerprint density at radius 1 is 1.15 bits per heavy atom. The van der Waals surface area contributed by atoms with E-state index in [0.717, 1.165) is 19.0 Å². The predicted octanol–water partition coefficient (Wildman–Crippen LogP) is 2.30. The van der Waals surface area contributed by atoms with E-state index in [-0.39, 0.29) is 0 Å². The molecule has 0 bridgehead atoms. The lowest BCUT2D eigenvalue weighted by atomic mass is 9.85. The maximum atomic E-state index is 11.4. The minimum absolute atomic E-state index is 0.582. The van der Waals surface area contributed by atoms with Crippen LogP contribution >= 0.6 is 0 Å². The maximum Gasteiger partial charge on any atom is 0.310 e. The summed E-state index contributed by atoms with van der Waals surface area (Å²) in [7, 11) is 0. The summed E-state index contributed by atoms with van der Waals surface area (Å²) in [5, 5.41) is 9.37. The first-order chi connectivity index (χ1) is 9.53. The largest absolute Gasteiger partial charge is 0.481 e. The van der Waals surface area contributed by atoms with Gasteiger partial charge in [-0.1, -0.05) is 6.92 Å². The molecule has 2 saturated heterocycles. The Labute approximate surface area is 123 Å². The van der Waals surface area contributed by atoms with E-state index >= 15 is 0 Å². The molecule has 0 aromatic rings. The van der Waals surface area contributed by atoms with Crippen LogP contribution in [0.3, 0.4) is 0 Å². The number of carboxylic acid groups (broad SMARTS) is 1. The number of carbonyl (C=O) groups is 1. The fourth-order valence-electron chi connectivity index (χ4n) is 3.48. The summed E-state index contributed by atoms with van der Waals surface area (Å²) in [6.45, 7) is 10.5. The van der Waals surface area contributed by atoms with Crippen molar-refractivity contribution in [1.29, 1.82) is 0 Å². The lowest BCUT2D eigenvalue weighted by Gasteiger charge is -2.37. The molecule has 1 N–H and O–H groups in total. The van der Waals surface area contributed by atoms with Crippen molar-refractivity contribution in [3.8, 4) is 0 Å². The van der Waals surface area contributed by atoms with Crippen LogP contribution in [0.25, 0.3) is 0 Å². The standard InChI is InChI=1S/C16H30N2O2/c1-3-16(2,15(19)20)13-18-10-6-14(7-11-18)12-17-8-4-5-9-17/h14H,3-13H2,1-2H3,(H,19,20). The molecule has 116 valence electrons. The molecular formula is C16H30N2O2. The lowest BCUT2D eigenvalue weighted by Crippen LogP contribution is -2.45. The molecule has 1 atom stereocenters. The molecule has 0 saturated carbocycles. The van der Waals surface area contributed by atoms with Gasteiger partial charge in [-0.05, 0) is 71.1 Å². The van der Waals surface area contributed by atoms with Crippen LogP contribution in [0.4, 0.5) is 0 Å². The summed E-state index contributed by atoms with van der Waals surface area (Å²) in [5.41, 5.74) is -0.582. The first-order valence-electron chi connectivity index (χ1n) is 8.21. The third-order valence-corrected chi connectivity index (χ3v) is 5.29. The summed E-state index contributed by atoms with van der Waals surface area (Å²) < 4.78 is 0. The van der Waals surface area contributed by atoms with Crippen molar-refractivity contribution in [2.24, 2.45) is 11.3 Å². The molecule has 0 radical (unpaired) electrons. The molecule has 0 aromatic carbocycles. The lowest BCUT2D eigenvalue weighted by molar-refractivity contribution is -0.149. The number of likely N-dealkylation sites (tertiary alicyclic amines) is 2. The molecule has 2 aliphatic heterocycles. The van der Waals surface area contributed by atoms with E-state index in [1.165, 1.54) is 45.3 Å². The van der Waals surface area contributed by atoms with Crippen molar-refractivity contribution >= 4 is 5.97 Å². The third kappa shape index (κ3) is 3.95. The molecule has 2 heterocycles. The number of aliphatic carboxylic acids is 1. The Morgan fingerprint density at radius 3 is 2.25 bits per heavy atom. The average Bonchev–Trinajstić information content (AvgIpc) is 2.93. The van der Waals surface area contributed by atoms with E-state index in [0.29, 0.717) is 13.0 Å². The Balaban J connectivity index is 1.74. The fraction of sp³-hybridized carbons (Fsp3) is 0.938. The minimum Gasteiger partial charge on any atom is -0.481 e. The van der Waals surface area contributed by atoms with Gasteiger partial charge < -0.3 is 14.9 Å². The molecule has 0 aliphatic carbocycles. The predicted molar refractivity (Wildman–Crippen MR) is 80.9 cm³/mol. The van der Waals surface area contributed by atoms with E-state index in [9.17, 15) is 9.90 Å². The van der Waals surface area contributed by atoms with Crippen LogP contribution in [0.5, 0.6) is 0 Å². The average molecular weight is 282 g/mol. The van der Waals surface area contributed by atoms with Gasteiger partial charge in [0, 0.05) is 13.1 Å². The van der Waals surface area contributed by atoms with E-state index in [4.69, 9.17) is 0 Å². The summed E-state index contributed by atoms with van der Waals surface area (Å²) in [5.74, 6) is 0.168. The molecule has 0 spiro atoms. The van der Waals surface area contributed by atoms with E-state index in [2.05, 4.69) is 9.80 Å². The number of nitrogens with zero attached hydrogens (tertiary/aromatic N) is 2. The molecule has 0 aromatic heterocycles. The topological polar surface area (TPSA) is 43.8 Å². The molecule has 1 unspecified atom stereocenters. The highest BCUT2D eigenvalue weighted by molar-refractivity contribution is 5.74. The van der Waals surface area contributed by atoms with Gasteiger partial charge in [0.05, 0.1) is 5.41 Å². The van der Waals surface area contributed by atoms with Gasteiger partial charge in [-0.15, -0.1) is 0 Å². The zero-order valence-electron chi connectivity index (χ0n) is 13.1. The summed E-state index contributed by atoms with van der Waals surface area (Å²) in [6, 6.07) is 0. The molecule has 4 heteroatoms. The first kappa shape index (κ1) is 15.8. The van der Waals surface area contributed by atoms with Crippen LogP contribution in [-0.4, -0.2) is 60.1 Å². The minimum atomic E-state index is -0.654. The third-order valence-electron chi connectivity index (χ3n) is 5.29. The number of carboxylic acids is 1. The van der Waals surface area contributed by atoms with Gasteiger partial charge in [0.1, 0.15) is 0 Å². The van der Waals surface area contributed by atoms with Gasteiger partial charge >= 0.3 is 5.97 Å². The summed E-state index contributed by atoms with van der Waals surface area (Å²) in [4.78, 5) is 16.4. The molecule has 0 amide bonds. The Kier molecular flexibility index (Phi) is 5.44. The van der Waals surface area contributed by atoms with E-state index in [1.807, 2.05) is 13.8 Å². The second-order valence-corrected chi connectivity index (χ2v) is 6.95. The number of hydrogen-bond donors (Lipinski definition) is 1. The Hall–Kier alpha value is -0.610. The molecule has 2 aliphatic rings. The van der Waals surface area contributed by atoms with E-state index in [1.54, 1.807) is 0 Å². The monoisotopic (exact) mass is 282 g/mol. The number of piperidine rings is 1. The quantitative estimate of drug-likeness (QED) is 0.812. The molecular weight excluding hydrogens is 252 g/mol. The molecule has 4 nitrogen and oxygen atoms in total. The van der Waals surface area contributed by atoms with Gasteiger partial charge in [0.2, 0.25) is 0 Å². The van der Waals surface area contributed by atoms with Crippen LogP contribution in [0.2, 0.25) is 0 Å². The van der Waals surface area contributed by atoms with Gasteiger partial charge in [-0.2, -0.15) is 0 Å². The van der Waals surface area contributed by atoms with Crippen molar-refractivity contribution in [2.75, 3.05) is 39.3 Å². The molecule has 20 heavy (non-hydrogen) atoms. The zero-order chi connectivity index (χ0) is 14.6. The normalized spacial score (nSPS) is 25.7. The SMILES string of the molecule is CCC(C)(CN1CCC(CN2CCCC2)CC1)C(=O)O. The Bertz CT molecular complexity index is 320. The summed E-state index contributed by atoms with van der Waals surface area (Å²) >= 11 is 0. The molecule has 2 rings (SSSR count). The van der Waals surface area contributed by atoms with Gasteiger partial charge in [-0.3, -0.25) is 4.79 Å². The Morgan fingerprint density at radius 2 is 1.75 bits per heavy atom. The van der Waals surface area contributed by atoms with Gasteiger partial charge in [0.15, 0.2) is 0 Å². The number of hydrogen-bond acceptors (Lipinski definition) is 3. The highest BCUT2D eigenvalue weighted by atomic mass is 16.4. The summed E-state index contributed by atoms with van der Waals surface area (Å²) in [6.07, 6.45) is 5.90. The van der Waals surface area contributed by atoms with Gasteiger partial charge in [-0.25, -0.2) is 0 Å². The van der Waals surface area contributed by atoms with Crippen molar-refractivity contribution in [3.05, 3.63) is 0 Å². The van der Waals surface area contributed by atoms with Crippen molar-refractivity contribution in [3.63, 3.8) is 0 Å². The van der Waals surface area contributed by atoms with Crippen molar-refractivity contribution in [1.82, 2.24) is 9.80 Å². The first-order valence-corrected chi connectivity index (χ1v) is 8.21. The second-order valence-electron chi connectivity index (χ2n) is 6.95.